The van der Waals surface area contributed by atoms with Crippen molar-refractivity contribution in [2.75, 3.05) is 5.43 Å². The number of alkyl halides is 3. The number of hydrogen-bond acceptors (Lipinski definition) is 7. The Bertz CT molecular complexity index is 804. The minimum absolute atomic E-state index is 0.206. The predicted octanol–water partition coefficient (Wildman–Crippen LogP) is 3.36. The minimum atomic E-state index is -4.98. The van der Waals surface area contributed by atoms with E-state index in [2.05, 4.69) is 15.5 Å². The van der Waals surface area contributed by atoms with Gasteiger partial charge in [-0.15, -0.1) is 0 Å². The highest BCUT2D eigenvalue weighted by Crippen LogP contribution is 2.41. The second-order valence-corrected chi connectivity index (χ2v) is 4.55. The minimum Gasteiger partial charge on any atom is -0.266 e. The SMILES string of the molecule is O=[N+]([O-])c1cc(C(F)(F)F)cc([N+](=O)[O-])c1N/N=C\c1ccncc1. The molecule has 2 rings (SSSR count). The predicted molar refractivity (Wildman–Crippen MR) is 80.2 cm³/mol. The van der Waals surface area contributed by atoms with Crippen LogP contribution in [0.1, 0.15) is 11.1 Å². The van der Waals surface area contributed by atoms with Crippen molar-refractivity contribution >= 4 is 23.3 Å². The van der Waals surface area contributed by atoms with Gasteiger partial charge in [-0.05, 0) is 17.7 Å². The number of aromatic nitrogens is 1. The van der Waals surface area contributed by atoms with Crippen LogP contribution in [-0.2, 0) is 6.18 Å². The Morgan fingerprint density at radius 2 is 1.60 bits per heavy atom. The molecule has 9 nitrogen and oxygen atoms in total. The summed E-state index contributed by atoms with van der Waals surface area (Å²) in [6, 6.07) is 3.47. The molecule has 0 spiro atoms. The molecule has 25 heavy (non-hydrogen) atoms. The third-order valence-electron chi connectivity index (χ3n) is 2.91. The van der Waals surface area contributed by atoms with Crippen molar-refractivity contribution in [3.63, 3.8) is 0 Å². The molecule has 1 N–H and O–H groups in total. The Morgan fingerprint density at radius 1 is 1.08 bits per heavy atom. The number of rotatable bonds is 5. The van der Waals surface area contributed by atoms with Crippen LogP contribution in [-0.4, -0.2) is 21.0 Å². The fraction of sp³-hybridized carbons (Fsp3) is 0.0769. The van der Waals surface area contributed by atoms with E-state index in [-0.39, 0.29) is 12.1 Å². The maximum Gasteiger partial charge on any atom is 0.416 e. The van der Waals surface area contributed by atoms with Gasteiger partial charge in [-0.1, -0.05) is 0 Å². The third kappa shape index (κ3) is 4.25. The summed E-state index contributed by atoms with van der Waals surface area (Å²) >= 11 is 0. The van der Waals surface area contributed by atoms with E-state index in [9.17, 15) is 33.4 Å². The van der Waals surface area contributed by atoms with Crippen molar-refractivity contribution < 1.29 is 23.0 Å². The van der Waals surface area contributed by atoms with Gasteiger partial charge in [-0.2, -0.15) is 18.3 Å². The summed E-state index contributed by atoms with van der Waals surface area (Å²) in [5.41, 5.74) is -1.91. The number of nitrogens with zero attached hydrogens (tertiary/aromatic N) is 4. The molecule has 2 aromatic rings. The zero-order valence-corrected chi connectivity index (χ0v) is 12.1. The highest BCUT2D eigenvalue weighted by atomic mass is 19.4. The first kappa shape index (κ1) is 17.8. The number of benzene rings is 1. The van der Waals surface area contributed by atoms with E-state index < -0.39 is 38.6 Å². The summed E-state index contributed by atoms with van der Waals surface area (Å²) in [7, 11) is 0. The number of anilines is 1. The lowest BCUT2D eigenvalue weighted by Crippen LogP contribution is -2.09. The number of pyridine rings is 1. The van der Waals surface area contributed by atoms with Crippen LogP contribution in [0.5, 0.6) is 0 Å². The Balaban J connectivity index is 2.49. The van der Waals surface area contributed by atoms with Crippen molar-refractivity contribution in [1.29, 1.82) is 0 Å². The number of nitro groups is 2. The van der Waals surface area contributed by atoms with Gasteiger partial charge in [0, 0.05) is 24.5 Å². The summed E-state index contributed by atoms with van der Waals surface area (Å²) in [4.78, 5) is 23.5. The molecule has 0 radical (unpaired) electrons. The highest BCUT2D eigenvalue weighted by molar-refractivity contribution is 5.81. The molecule has 0 aliphatic carbocycles. The smallest absolute Gasteiger partial charge is 0.266 e. The van der Waals surface area contributed by atoms with Gasteiger partial charge in [0.15, 0.2) is 0 Å². The average molecular weight is 355 g/mol. The molecule has 0 bridgehead atoms. The lowest BCUT2D eigenvalue weighted by Gasteiger charge is -2.09. The molecule has 0 amide bonds. The summed E-state index contributed by atoms with van der Waals surface area (Å²) in [5, 5.41) is 25.6. The van der Waals surface area contributed by atoms with Gasteiger partial charge < -0.3 is 0 Å². The van der Waals surface area contributed by atoms with E-state index in [0.717, 1.165) is 0 Å². The normalized spacial score (nSPS) is 11.5. The van der Waals surface area contributed by atoms with Crippen LogP contribution in [0.3, 0.4) is 0 Å². The van der Waals surface area contributed by atoms with Gasteiger partial charge in [0.25, 0.3) is 0 Å². The third-order valence-corrected chi connectivity index (χ3v) is 2.91. The molecule has 1 aromatic heterocycles. The number of nitrogens with one attached hydrogen (secondary N) is 1. The van der Waals surface area contributed by atoms with Crippen molar-refractivity contribution in [3.05, 3.63) is 68.0 Å². The molecule has 0 atom stereocenters. The van der Waals surface area contributed by atoms with Gasteiger partial charge in [-0.3, -0.25) is 30.6 Å². The number of halogens is 3. The standard InChI is InChI=1S/C13H8F3N5O4/c14-13(15,16)9-5-10(20(22)23)12(11(6-9)21(24)25)19-18-7-8-1-3-17-4-2-8/h1-7,19H/b18-7-. The van der Waals surface area contributed by atoms with Crippen LogP contribution >= 0.6 is 0 Å². The van der Waals surface area contributed by atoms with Crippen molar-refractivity contribution in [2.45, 2.75) is 6.18 Å². The summed E-state index contributed by atoms with van der Waals surface area (Å²) in [6.45, 7) is 0. The summed E-state index contributed by atoms with van der Waals surface area (Å²) < 4.78 is 38.3. The first-order valence-corrected chi connectivity index (χ1v) is 6.43. The fourth-order valence-corrected chi connectivity index (χ4v) is 1.80. The van der Waals surface area contributed by atoms with Gasteiger partial charge in [0.2, 0.25) is 5.69 Å². The lowest BCUT2D eigenvalue weighted by atomic mass is 10.1. The molecule has 1 aromatic carbocycles. The quantitative estimate of drug-likeness (QED) is 0.498. The van der Waals surface area contributed by atoms with Crippen LogP contribution in [0.4, 0.5) is 30.2 Å². The Morgan fingerprint density at radius 3 is 2.04 bits per heavy atom. The Hall–Kier alpha value is -3.57. The van der Waals surface area contributed by atoms with E-state index in [1.165, 1.54) is 30.7 Å². The van der Waals surface area contributed by atoms with E-state index >= 15 is 0 Å². The molecule has 0 aliphatic heterocycles. The summed E-state index contributed by atoms with van der Waals surface area (Å²) in [5.74, 6) is 0. The zero-order chi connectivity index (χ0) is 18.6. The first-order valence-electron chi connectivity index (χ1n) is 6.43. The van der Waals surface area contributed by atoms with Crippen LogP contribution in [0.15, 0.2) is 41.8 Å². The molecule has 12 heteroatoms. The summed E-state index contributed by atoms with van der Waals surface area (Å²) in [6.07, 6.45) is -0.935. The molecule has 1 heterocycles. The number of hydrogen-bond donors (Lipinski definition) is 1. The number of hydrazone groups is 1. The molecule has 0 fully saturated rings. The molecular formula is C13H8F3N5O4. The van der Waals surface area contributed by atoms with Crippen LogP contribution in [0, 0.1) is 20.2 Å². The van der Waals surface area contributed by atoms with Crippen molar-refractivity contribution in [3.8, 4) is 0 Å². The Kier molecular flexibility index (Phi) is 4.91. The van der Waals surface area contributed by atoms with E-state index in [0.29, 0.717) is 5.56 Å². The monoisotopic (exact) mass is 355 g/mol. The zero-order valence-electron chi connectivity index (χ0n) is 12.1. The van der Waals surface area contributed by atoms with E-state index in [1.54, 1.807) is 0 Å². The van der Waals surface area contributed by atoms with Crippen molar-refractivity contribution in [1.82, 2.24) is 4.98 Å². The van der Waals surface area contributed by atoms with E-state index in [1.807, 2.05) is 0 Å². The molecule has 130 valence electrons. The van der Waals surface area contributed by atoms with Gasteiger partial charge >= 0.3 is 17.6 Å². The van der Waals surface area contributed by atoms with Gasteiger partial charge in [-0.25, -0.2) is 0 Å². The second-order valence-electron chi connectivity index (χ2n) is 4.55. The van der Waals surface area contributed by atoms with Gasteiger partial charge in [0.05, 0.1) is 21.6 Å². The van der Waals surface area contributed by atoms with Gasteiger partial charge in [0.1, 0.15) is 0 Å². The second kappa shape index (κ2) is 6.90. The molecule has 0 unspecified atom stereocenters. The first-order chi connectivity index (χ1) is 11.7. The topological polar surface area (TPSA) is 124 Å². The maximum absolute atomic E-state index is 12.8. The molecule has 0 aliphatic rings. The number of nitro benzene ring substituents is 2. The van der Waals surface area contributed by atoms with E-state index in [4.69, 9.17) is 0 Å². The largest absolute Gasteiger partial charge is 0.416 e. The van der Waals surface area contributed by atoms with Crippen LogP contribution in [0.25, 0.3) is 0 Å². The average Bonchev–Trinajstić information content (AvgIpc) is 2.54. The fourth-order valence-electron chi connectivity index (χ4n) is 1.80. The highest BCUT2D eigenvalue weighted by Gasteiger charge is 2.37. The molecule has 0 saturated heterocycles. The lowest BCUT2D eigenvalue weighted by molar-refractivity contribution is -0.392. The van der Waals surface area contributed by atoms with Crippen LogP contribution in [0.2, 0.25) is 0 Å². The molecular weight excluding hydrogens is 347 g/mol. The van der Waals surface area contributed by atoms with Crippen molar-refractivity contribution in [2.24, 2.45) is 5.10 Å². The molecule has 0 saturated carbocycles. The maximum atomic E-state index is 12.8. The Labute approximate surface area is 137 Å². The van der Waals surface area contributed by atoms with Crippen LogP contribution < -0.4 is 5.43 Å².